The maximum absolute atomic E-state index is 13.5. The predicted octanol–water partition coefficient (Wildman–Crippen LogP) is 4.46. The molecule has 4 aromatic rings. The van der Waals surface area contributed by atoms with Crippen molar-refractivity contribution in [1.29, 1.82) is 0 Å². The number of halogens is 4. The highest BCUT2D eigenvalue weighted by atomic mass is 35.5. The predicted molar refractivity (Wildman–Crippen MR) is 134 cm³/mol. The van der Waals surface area contributed by atoms with Crippen LogP contribution in [0.25, 0.3) is 11.0 Å². The van der Waals surface area contributed by atoms with Gasteiger partial charge in [0.25, 0.3) is 11.8 Å². The van der Waals surface area contributed by atoms with Gasteiger partial charge in [0.1, 0.15) is 11.2 Å². The molecule has 1 N–H and O–H groups in total. The smallest absolute Gasteiger partial charge is 0.347 e. The zero-order valence-corrected chi connectivity index (χ0v) is 20.9. The molecule has 2 aromatic carbocycles. The molecule has 1 aliphatic rings. The molecule has 0 saturated carbocycles. The van der Waals surface area contributed by atoms with Gasteiger partial charge in [-0.2, -0.15) is 18.3 Å². The number of hydrogen-bond donors (Lipinski definition) is 1. The van der Waals surface area contributed by atoms with Crippen LogP contribution in [0.15, 0.2) is 60.9 Å². The van der Waals surface area contributed by atoms with Crippen LogP contribution >= 0.6 is 11.6 Å². The Labute approximate surface area is 220 Å². The summed E-state index contributed by atoms with van der Waals surface area (Å²) in [5, 5.41) is 6.62. The Morgan fingerprint density at radius 1 is 1.08 bits per heavy atom. The van der Waals surface area contributed by atoms with Crippen molar-refractivity contribution in [1.82, 2.24) is 30.0 Å². The molecular formula is C26H22ClF3N6O2. The van der Waals surface area contributed by atoms with E-state index in [1.807, 2.05) is 30.3 Å². The first-order valence-electron chi connectivity index (χ1n) is 11.8. The van der Waals surface area contributed by atoms with E-state index in [2.05, 4.69) is 20.4 Å². The van der Waals surface area contributed by atoms with Crippen molar-refractivity contribution >= 4 is 34.4 Å². The summed E-state index contributed by atoms with van der Waals surface area (Å²) in [6.07, 6.45) is -1.23. The fraction of sp³-hybridized carbons (Fsp3) is 0.269. The number of nitrogens with zero attached hydrogens (tertiary/aromatic N) is 5. The van der Waals surface area contributed by atoms with Crippen molar-refractivity contribution < 1.29 is 22.8 Å². The third-order valence-electron chi connectivity index (χ3n) is 6.62. The third-order valence-corrected chi connectivity index (χ3v) is 6.91. The molecular weight excluding hydrogens is 521 g/mol. The van der Waals surface area contributed by atoms with Crippen molar-refractivity contribution in [2.75, 3.05) is 13.1 Å². The average Bonchev–Trinajstić information content (AvgIpc) is 3.31. The minimum atomic E-state index is -4.66. The number of amides is 2. The van der Waals surface area contributed by atoms with E-state index in [0.717, 1.165) is 16.3 Å². The van der Waals surface area contributed by atoms with Crippen LogP contribution < -0.4 is 5.32 Å². The molecule has 196 valence electrons. The van der Waals surface area contributed by atoms with Crippen LogP contribution in [0.5, 0.6) is 0 Å². The SMILES string of the molecule is Cn1nc(C(F)(F)F)cc1C(=O)N[C@H]1CCN(C(=O)c2cc(Cl)c3nccnc3c2)C[C@@H]1c1ccccc1. The molecule has 38 heavy (non-hydrogen) atoms. The first-order chi connectivity index (χ1) is 18.1. The van der Waals surface area contributed by atoms with E-state index in [-0.39, 0.29) is 24.1 Å². The van der Waals surface area contributed by atoms with Gasteiger partial charge in [0, 0.05) is 56.1 Å². The van der Waals surface area contributed by atoms with Crippen LogP contribution in [0.2, 0.25) is 5.02 Å². The number of rotatable bonds is 4. The largest absolute Gasteiger partial charge is 0.435 e. The van der Waals surface area contributed by atoms with E-state index in [1.165, 1.54) is 19.4 Å². The Morgan fingerprint density at radius 3 is 2.53 bits per heavy atom. The van der Waals surface area contributed by atoms with Crippen molar-refractivity contribution in [2.24, 2.45) is 7.05 Å². The van der Waals surface area contributed by atoms with Crippen molar-refractivity contribution in [3.05, 3.63) is 88.5 Å². The van der Waals surface area contributed by atoms with Gasteiger partial charge in [-0.15, -0.1) is 0 Å². The fourth-order valence-electron chi connectivity index (χ4n) is 4.75. The lowest BCUT2D eigenvalue weighted by Crippen LogP contribution is -2.51. The number of piperidine rings is 1. The summed E-state index contributed by atoms with van der Waals surface area (Å²) in [6.45, 7) is 0.603. The van der Waals surface area contributed by atoms with Gasteiger partial charge in [-0.25, -0.2) is 0 Å². The molecule has 2 atom stereocenters. The Morgan fingerprint density at radius 2 is 1.82 bits per heavy atom. The highest BCUT2D eigenvalue weighted by Crippen LogP contribution is 2.31. The summed E-state index contributed by atoms with van der Waals surface area (Å²) in [7, 11) is 1.29. The molecule has 0 spiro atoms. The van der Waals surface area contributed by atoms with Gasteiger partial charge in [0.05, 0.1) is 10.5 Å². The number of aromatic nitrogens is 4. The molecule has 12 heteroatoms. The minimum Gasteiger partial charge on any atom is -0.347 e. The second kappa shape index (κ2) is 10.1. The molecule has 1 saturated heterocycles. The average molecular weight is 543 g/mol. The van der Waals surface area contributed by atoms with Gasteiger partial charge < -0.3 is 10.2 Å². The van der Waals surface area contributed by atoms with Gasteiger partial charge in [-0.3, -0.25) is 24.2 Å². The number of alkyl halides is 3. The van der Waals surface area contributed by atoms with E-state index in [9.17, 15) is 22.8 Å². The fourth-order valence-corrected chi connectivity index (χ4v) is 5.01. The molecule has 1 fully saturated rings. The molecule has 0 radical (unpaired) electrons. The molecule has 3 heterocycles. The first kappa shape index (κ1) is 25.7. The normalized spacial score (nSPS) is 18.0. The highest BCUT2D eigenvalue weighted by Gasteiger charge is 2.37. The number of benzene rings is 2. The molecule has 2 amide bonds. The Bertz CT molecular complexity index is 1510. The van der Waals surface area contributed by atoms with Crippen LogP contribution in [0.3, 0.4) is 0 Å². The van der Waals surface area contributed by atoms with E-state index in [4.69, 9.17) is 11.6 Å². The van der Waals surface area contributed by atoms with E-state index < -0.39 is 23.8 Å². The summed E-state index contributed by atoms with van der Waals surface area (Å²) in [5.41, 5.74) is 0.918. The summed E-state index contributed by atoms with van der Waals surface area (Å²) in [5.74, 6) is -1.21. The van der Waals surface area contributed by atoms with Crippen molar-refractivity contribution in [2.45, 2.75) is 24.6 Å². The van der Waals surface area contributed by atoms with Crippen LogP contribution in [0.1, 0.15) is 44.4 Å². The second-order valence-electron chi connectivity index (χ2n) is 9.06. The molecule has 5 rings (SSSR count). The number of carbonyl (C=O) groups is 2. The summed E-state index contributed by atoms with van der Waals surface area (Å²) >= 11 is 6.35. The number of hydrogen-bond acceptors (Lipinski definition) is 5. The highest BCUT2D eigenvalue weighted by molar-refractivity contribution is 6.35. The number of carbonyl (C=O) groups excluding carboxylic acids is 2. The van der Waals surface area contributed by atoms with Gasteiger partial charge in [-0.1, -0.05) is 41.9 Å². The Balaban J connectivity index is 1.39. The summed E-state index contributed by atoms with van der Waals surface area (Å²) < 4.78 is 40.2. The van der Waals surface area contributed by atoms with E-state index >= 15 is 0 Å². The number of likely N-dealkylation sites (tertiary alicyclic amines) is 1. The van der Waals surface area contributed by atoms with Gasteiger partial charge in [0.15, 0.2) is 5.69 Å². The number of fused-ring (bicyclic) bond motifs is 1. The van der Waals surface area contributed by atoms with Crippen molar-refractivity contribution in [3.63, 3.8) is 0 Å². The number of aryl methyl sites for hydroxylation is 1. The monoisotopic (exact) mass is 542 g/mol. The molecule has 0 unspecified atom stereocenters. The zero-order chi connectivity index (χ0) is 27.0. The van der Waals surface area contributed by atoms with Crippen LogP contribution in [0.4, 0.5) is 13.2 Å². The van der Waals surface area contributed by atoms with Gasteiger partial charge >= 0.3 is 6.18 Å². The standard InChI is InChI=1S/C26H22ClF3N6O2/c1-35-21(13-22(34-35)26(28,29)30)24(37)33-19-7-10-36(14-17(19)15-5-3-2-4-6-15)25(38)16-11-18(27)23-20(12-16)31-8-9-32-23/h2-6,8-9,11-13,17,19H,7,10,14H2,1H3,(H,33,37)/t17-,19+/m1/s1. The summed E-state index contributed by atoms with van der Waals surface area (Å²) in [4.78, 5) is 36.6. The van der Waals surface area contributed by atoms with Gasteiger partial charge in [-0.05, 0) is 24.1 Å². The van der Waals surface area contributed by atoms with Crippen molar-refractivity contribution in [3.8, 4) is 0 Å². The van der Waals surface area contributed by atoms with Crippen LogP contribution in [-0.2, 0) is 13.2 Å². The molecule has 0 aliphatic carbocycles. The summed E-state index contributed by atoms with van der Waals surface area (Å²) in [6, 6.07) is 12.9. The lowest BCUT2D eigenvalue weighted by atomic mass is 9.85. The lowest BCUT2D eigenvalue weighted by molar-refractivity contribution is -0.141. The molecule has 8 nitrogen and oxygen atoms in total. The molecule has 1 aliphatic heterocycles. The first-order valence-corrected chi connectivity index (χ1v) is 12.2. The third kappa shape index (κ3) is 5.06. The Kier molecular flexibility index (Phi) is 6.78. The van der Waals surface area contributed by atoms with E-state index in [0.29, 0.717) is 34.6 Å². The van der Waals surface area contributed by atoms with Crippen LogP contribution in [-0.4, -0.2) is 55.6 Å². The minimum absolute atomic E-state index is 0.199. The molecule has 2 aromatic heterocycles. The Hall–Kier alpha value is -3.99. The topological polar surface area (TPSA) is 93.0 Å². The zero-order valence-electron chi connectivity index (χ0n) is 20.1. The quantitative estimate of drug-likeness (QED) is 0.411. The second-order valence-corrected chi connectivity index (χ2v) is 9.46. The maximum atomic E-state index is 13.5. The molecule has 0 bridgehead atoms. The van der Waals surface area contributed by atoms with E-state index in [1.54, 1.807) is 17.0 Å². The van der Waals surface area contributed by atoms with Crippen LogP contribution in [0, 0.1) is 0 Å². The van der Waals surface area contributed by atoms with Gasteiger partial charge in [0.2, 0.25) is 0 Å². The maximum Gasteiger partial charge on any atom is 0.435 e. The number of nitrogens with one attached hydrogen (secondary N) is 1. The lowest BCUT2D eigenvalue weighted by Gasteiger charge is -2.39.